The standard InChI is InChI=1S/C14H20N6O/c15-12-7-6-11-13(18-9-4-2-1-3-5-9)10(14(16)19-21)8-17-20(11)12/h6-9,18,21H,1-5,15H2,(H2,16,19). The van der Waals surface area contributed by atoms with Crippen molar-refractivity contribution in [3.8, 4) is 0 Å². The number of hydrogen-bond acceptors (Lipinski definition) is 5. The average molecular weight is 288 g/mol. The lowest BCUT2D eigenvalue weighted by atomic mass is 9.95. The van der Waals surface area contributed by atoms with Gasteiger partial charge in [0.1, 0.15) is 5.82 Å². The first-order chi connectivity index (χ1) is 10.2. The summed E-state index contributed by atoms with van der Waals surface area (Å²) in [4.78, 5) is 0. The molecule has 7 heteroatoms. The summed E-state index contributed by atoms with van der Waals surface area (Å²) in [6.07, 6.45) is 7.56. The van der Waals surface area contributed by atoms with Crippen molar-refractivity contribution in [2.45, 2.75) is 38.1 Å². The average Bonchev–Trinajstić information content (AvgIpc) is 2.90. The van der Waals surface area contributed by atoms with Crippen molar-refractivity contribution in [2.75, 3.05) is 11.1 Å². The quantitative estimate of drug-likeness (QED) is 0.297. The third-order valence-electron chi connectivity index (χ3n) is 4.05. The number of nitrogens with one attached hydrogen (secondary N) is 1. The number of fused-ring (bicyclic) bond motifs is 1. The van der Waals surface area contributed by atoms with E-state index in [2.05, 4.69) is 15.6 Å². The molecule has 2 heterocycles. The zero-order valence-corrected chi connectivity index (χ0v) is 11.8. The molecule has 2 aromatic heterocycles. The van der Waals surface area contributed by atoms with Gasteiger partial charge >= 0.3 is 0 Å². The van der Waals surface area contributed by atoms with E-state index in [4.69, 9.17) is 16.7 Å². The molecule has 3 rings (SSSR count). The van der Waals surface area contributed by atoms with Crippen molar-refractivity contribution in [1.82, 2.24) is 9.61 Å². The van der Waals surface area contributed by atoms with Crippen LogP contribution in [0, 0.1) is 0 Å². The summed E-state index contributed by atoms with van der Waals surface area (Å²) in [6, 6.07) is 4.08. The number of anilines is 2. The Morgan fingerprint density at radius 3 is 2.81 bits per heavy atom. The largest absolute Gasteiger partial charge is 0.409 e. The smallest absolute Gasteiger partial charge is 0.173 e. The molecule has 0 aliphatic heterocycles. The highest BCUT2D eigenvalue weighted by atomic mass is 16.4. The molecule has 21 heavy (non-hydrogen) atoms. The molecule has 1 saturated carbocycles. The van der Waals surface area contributed by atoms with Crippen LogP contribution in [0.2, 0.25) is 0 Å². The van der Waals surface area contributed by atoms with Crippen LogP contribution in [0.3, 0.4) is 0 Å². The minimum absolute atomic E-state index is 0.0445. The van der Waals surface area contributed by atoms with Crippen LogP contribution in [0.25, 0.3) is 5.52 Å². The minimum atomic E-state index is 0.0445. The number of aromatic nitrogens is 2. The monoisotopic (exact) mass is 288 g/mol. The number of nitrogen functional groups attached to an aromatic ring is 1. The molecular formula is C14H20N6O. The van der Waals surface area contributed by atoms with E-state index in [1.165, 1.54) is 19.3 Å². The fourth-order valence-corrected chi connectivity index (χ4v) is 2.93. The molecule has 0 unspecified atom stereocenters. The molecule has 0 atom stereocenters. The Balaban J connectivity index is 2.06. The van der Waals surface area contributed by atoms with E-state index in [0.717, 1.165) is 24.0 Å². The van der Waals surface area contributed by atoms with E-state index in [1.54, 1.807) is 16.8 Å². The summed E-state index contributed by atoms with van der Waals surface area (Å²) in [5.41, 5.74) is 13.9. The summed E-state index contributed by atoms with van der Waals surface area (Å²) in [5.74, 6) is 0.603. The summed E-state index contributed by atoms with van der Waals surface area (Å²) in [6.45, 7) is 0. The maximum Gasteiger partial charge on any atom is 0.173 e. The number of nitrogens with zero attached hydrogens (tertiary/aromatic N) is 3. The fraction of sp³-hybridized carbons (Fsp3) is 0.429. The molecule has 6 N–H and O–H groups in total. The second kappa shape index (κ2) is 5.51. The first-order valence-corrected chi connectivity index (χ1v) is 7.21. The molecular weight excluding hydrogens is 268 g/mol. The van der Waals surface area contributed by atoms with Gasteiger partial charge in [0, 0.05) is 6.04 Å². The van der Waals surface area contributed by atoms with Gasteiger partial charge in [0.25, 0.3) is 0 Å². The van der Waals surface area contributed by atoms with Crippen LogP contribution in [0.4, 0.5) is 11.5 Å². The van der Waals surface area contributed by atoms with E-state index in [-0.39, 0.29) is 5.84 Å². The van der Waals surface area contributed by atoms with Crippen molar-refractivity contribution >= 4 is 22.9 Å². The number of hydrogen-bond donors (Lipinski definition) is 4. The van der Waals surface area contributed by atoms with Gasteiger partial charge in [-0.2, -0.15) is 5.10 Å². The zero-order chi connectivity index (χ0) is 14.8. The summed E-state index contributed by atoms with van der Waals surface area (Å²) in [7, 11) is 0. The van der Waals surface area contributed by atoms with Crippen molar-refractivity contribution in [2.24, 2.45) is 10.9 Å². The van der Waals surface area contributed by atoms with Gasteiger partial charge in [0.2, 0.25) is 0 Å². The predicted octanol–water partition coefficient (Wildman–Crippen LogP) is 1.76. The molecule has 1 fully saturated rings. The molecule has 0 aromatic carbocycles. The number of rotatable bonds is 3. The van der Waals surface area contributed by atoms with E-state index in [0.29, 0.717) is 17.4 Å². The molecule has 0 saturated heterocycles. The number of nitrogens with two attached hydrogens (primary N) is 2. The molecule has 0 amide bonds. The van der Waals surface area contributed by atoms with Crippen LogP contribution in [-0.4, -0.2) is 26.7 Å². The highest BCUT2D eigenvalue weighted by Gasteiger charge is 2.19. The van der Waals surface area contributed by atoms with Crippen LogP contribution >= 0.6 is 0 Å². The van der Waals surface area contributed by atoms with Gasteiger partial charge in [-0.15, -0.1) is 0 Å². The highest BCUT2D eigenvalue weighted by molar-refractivity contribution is 6.05. The molecule has 2 aromatic rings. The third kappa shape index (κ3) is 2.46. The lowest BCUT2D eigenvalue weighted by molar-refractivity contribution is 0.318. The van der Waals surface area contributed by atoms with Crippen LogP contribution in [0.15, 0.2) is 23.5 Å². The number of amidine groups is 1. The SMILES string of the molecule is NC(=NO)c1cnn2c(N)ccc2c1NC1CCCCC1. The molecule has 7 nitrogen and oxygen atoms in total. The second-order valence-corrected chi connectivity index (χ2v) is 5.45. The molecule has 1 aliphatic carbocycles. The van der Waals surface area contributed by atoms with Crippen molar-refractivity contribution < 1.29 is 5.21 Å². The Morgan fingerprint density at radius 1 is 1.33 bits per heavy atom. The lowest BCUT2D eigenvalue weighted by Crippen LogP contribution is -2.25. The lowest BCUT2D eigenvalue weighted by Gasteiger charge is -2.25. The van der Waals surface area contributed by atoms with Crippen LogP contribution < -0.4 is 16.8 Å². The van der Waals surface area contributed by atoms with Gasteiger partial charge in [-0.3, -0.25) is 0 Å². The van der Waals surface area contributed by atoms with E-state index in [1.807, 2.05) is 6.07 Å². The van der Waals surface area contributed by atoms with Crippen LogP contribution in [-0.2, 0) is 0 Å². The maximum absolute atomic E-state index is 8.97. The molecule has 0 spiro atoms. The van der Waals surface area contributed by atoms with Crippen molar-refractivity contribution in [3.63, 3.8) is 0 Å². The first-order valence-electron chi connectivity index (χ1n) is 7.21. The summed E-state index contributed by atoms with van der Waals surface area (Å²) < 4.78 is 1.65. The Kier molecular flexibility index (Phi) is 3.55. The molecule has 0 radical (unpaired) electrons. The number of oxime groups is 1. The molecule has 0 bridgehead atoms. The predicted molar refractivity (Wildman–Crippen MR) is 82.6 cm³/mol. The normalized spacial score (nSPS) is 17.2. The summed E-state index contributed by atoms with van der Waals surface area (Å²) in [5, 5.41) is 19.8. The summed E-state index contributed by atoms with van der Waals surface area (Å²) >= 11 is 0. The third-order valence-corrected chi connectivity index (χ3v) is 4.05. The van der Waals surface area contributed by atoms with Gasteiger partial charge in [0.15, 0.2) is 5.84 Å². The molecule has 1 aliphatic rings. The Morgan fingerprint density at radius 2 is 2.10 bits per heavy atom. The van der Waals surface area contributed by atoms with Crippen molar-refractivity contribution in [3.05, 3.63) is 23.9 Å². The van der Waals surface area contributed by atoms with E-state index >= 15 is 0 Å². The Hall–Kier alpha value is -2.44. The Labute approximate surface area is 122 Å². The van der Waals surface area contributed by atoms with E-state index < -0.39 is 0 Å². The first kappa shape index (κ1) is 13.5. The van der Waals surface area contributed by atoms with Crippen LogP contribution in [0.1, 0.15) is 37.7 Å². The highest BCUT2D eigenvalue weighted by Crippen LogP contribution is 2.28. The second-order valence-electron chi connectivity index (χ2n) is 5.45. The topological polar surface area (TPSA) is 114 Å². The van der Waals surface area contributed by atoms with Gasteiger partial charge in [-0.25, -0.2) is 4.52 Å². The van der Waals surface area contributed by atoms with Crippen molar-refractivity contribution in [1.29, 1.82) is 0 Å². The Bertz CT molecular complexity index is 671. The van der Waals surface area contributed by atoms with Gasteiger partial charge < -0.3 is 22.0 Å². The zero-order valence-electron chi connectivity index (χ0n) is 11.8. The van der Waals surface area contributed by atoms with Gasteiger partial charge in [-0.05, 0) is 25.0 Å². The molecule has 112 valence electrons. The van der Waals surface area contributed by atoms with E-state index in [9.17, 15) is 0 Å². The van der Waals surface area contributed by atoms with Gasteiger partial charge in [0.05, 0.1) is 23.0 Å². The van der Waals surface area contributed by atoms with Crippen LogP contribution in [0.5, 0.6) is 0 Å². The van der Waals surface area contributed by atoms with Gasteiger partial charge in [-0.1, -0.05) is 24.4 Å². The fourth-order valence-electron chi connectivity index (χ4n) is 2.93. The maximum atomic E-state index is 8.97. The minimum Gasteiger partial charge on any atom is -0.409 e.